The van der Waals surface area contributed by atoms with Gasteiger partial charge in [-0.3, -0.25) is 9.59 Å². The summed E-state index contributed by atoms with van der Waals surface area (Å²) in [6.07, 6.45) is 2.04. The molecule has 0 saturated heterocycles. The zero-order chi connectivity index (χ0) is 27.6. The van der Waals surface area contributed by atoms with Gasteiger partial charge in [-0.05, 0) is 29.3 Å². The van der Waals surface area contributed by atoms with Crippen LogP contribution in [0.15, 0.2) is 91.1 Å². The van der Waals surface area contributed by atoms with Crippen molar-refractivity contribution in [1.82, 2.24) is 20.3 Å². The number of H-pyrrole nitrogens is 2. The Morgan fingerprint density at radius 2 is 1.57 bits per heavy atom. The molecule has 8 heteroatoms. The second kappa shape index (κ2) is 10.5. The molecule has 0 radical (unpaired) electrons. The number of fused-ring (bicyclic) bond motifs is 4. The van der Waals surface area contributed by atoms with Gasteiger partial charge in [0.15, 0.2) is 5.78 Å². The molecule has 6 rings (SSSR count). The SMILES string of the molecule is CC(=O)c1nc(C(=O)N[C@@H](Cc2c[nH]c3ccccc23)C(=O)OCc2ccccc2)cc2c1[nH]c1ccccc12. The number of hydrogen-bond acceptors (Lipinski definition) is 5. The number of nitrogens with one attached hydrogen (secondary N) is 3. The minimum Gasteiger partial charge on any atom is -0.459 e. The van der Waals surface area contributed by atoms with E-state index in [-0.39, 0.29) is 30.2 Å². The molecule has 198 valence electrons. The molecule has 0 unspecified atom stereocenters. The van der Waals surface area contributed by atoms with Crippen molar-refractivity contribution in [1.29, 1.82) is 0 Å². The first-order chi connectivity index (χ1) is 19.5. The Balaban J connectivity index is 1.33. The lowest BCUT2D eigenvalue weighted by molar-refractivity contribution is -0.147. The van der Waals surface area contributed by atoms with E-state index < -0.39 is 17.9 Å². The van der Waals surface area contributed by atoms with E-state index in [9.17, 15) is 14.4 Å². The third-order valence-corrected chi connectivity index (χ3v) is 6.98. The number of ketones is 1. The van der Waals surface area contributed by atoms with Crippen molar-refractivity contribution in [3.05, 3.63) is 114 Å². The maximum absolute atomic E-state index is 13.6. The fourth-order valence-corrected chi connectivity index (χ4v) is 4.99. The third kappa shape index (κ3) is 4.82. The number of benzene rings is 3. The quantitative estimate of drug-likeness (QED) is 0.178. The van der Waals surface area contributed by atoms with Gasteiger partial charge in [0.2, 0.25) is 0 Å². The number of aromatic amines is 2. The maximum Gasteiger partial charge on any atom is 0.329 e. The number of nitrogens with zero attached hydrogens (tertiary/aromatic N) is 1. The Morgan fingerprint density at radius 3 is 2.35 bits per heavy atom. The Kier molecular flexibility index (Phi) is 6.57. The van der Waals surface area contributed by atoms with Crippen LogP contribution in [0.1, 0.15) is 39.0 Å². The van der Waals surface area contributed by atoms with E-state index in [0.717, 1.165) is 32.9 Å². The van der Waals surface area contributed by atoms with Gasteiger partial charge in [-0.1, -0.05) is 66.7 Å². The number of para-hydroxylation sites is 2. The summed E-state index contributed by atoms with van der Waals surface area (Å²) >= 11 is 0. The number of carbonyl (C=O) groups excluding carboxylic acids is 3. The molecule has 3 aromatic heterocycles. The zero-order valence-electron chi connectivity index (χ0n) is 21.7. The van der Waals surface area contributed by atoms with Gasteiger partial charge in [-0.15, -0.1) is 0 Å². The van der Waals surface area contributed by atoms with Crippen molar-refractivity contribution >= 4 is 50.4 Å². The van der Waals surface area contributed by atoms with Gasteiger partial charge < -0.3 is 20.0 Å². The van der Waals surface area contributed by atoms with Gasteiger partial charge in [-0.2, -0.15) is 0 Å². The highest BCUT2D eigenvalue weighted by Crippen LogP contribution is 2.28. The number of ether oxygens (including phenoxy) is 1. The Labute approximate surface area is 229 Å². The average Bonchev–Trinajstić information content (AvgIpc) is 3.56. The maximum atomic E-state index is 13.6. The Morgan fingerprint density at radius 1 is 0.875 bits per heavy atom. The van der Waals surface area contributed by atoms with Crippen molar-refractivity contribution in [3.63, 3.8) is 0 Å². The molecular formula is C32H26N4O4. The van der Waals surface area contributed by atoms with Crippen LogP contribution < -0.4 is 5.32 Å². The van der Waals surface area contributed by atoms with E-state index in [1.807, 2.05) is 85.1 Å². The summed E-state index contributed by atoms with van der Waals surface area (Å²) in [6, 6.07) is 25.4. The number of Topliss-reactive ketones (excluding diaryl/α,β-unsaturated/α-hetero) is 1. The van der Waals surface area contributed by atoms with Gasteiger partial charge >= 0.3 is 5.97 Å². The summed E-state index contributed by atoms with van der Waals surface area (Å²) < 4.78 is 5.62. The number of esters is 1. The summed E-state index contributed by atoms with van der Waals surface area (Å²) in [5.41, 5.74) is 4.25. The zero-order valence-corrected chi connectivity index (χ0v) is 21.7. The van der Waals surface area contributed by atoms with Gasteiger partial charge in [-0.25, -0.2) is 9.78 Å². The first-order valence-corrected chi connectivity index (χ1v) is 13.0. The van der Waals surface area contributed by atoms with Crippen LogP contribution in [0.25, 0.3) is 32.7 Å². The molecule has 0 aliphatic heterocycles. The topological polar surface area (TPSA) is 117 Å². The number of amides is 1. The lowest BCUT2D eigenvalue weighted by Gasteiger charge is -2.18. The first-order valence-electron chi connectivity index (χ1n) is 13.0. The lowest BCUT2D eigenvalue weighted by atomic mass is 10.0. The lowest BCUT2D eigenvalue weighted by Crippen LogP contribution is -2.43. The average molecular weight is 531 g/mol. The Hall–Kier alpha value is -5.24. The molecule has 1 amide bonds. The van der Waals surface area contributed by atoms with E-state index in [0.29, 0.717) is 10.9 Å². The van der Waals surface area contributed by atoms with Crippen molar-refractivity contribution < 1.29 is 19.1 Å². The predicted molar refractivity (Wildman–Crippen MR) is 153 cm³/mol. The summed E-state index contributed by atoms with van der Waals surface area (Å²) in [5.74, 6) is -1.41. The van der Waals surface area contributed by atoms with Crippen LogP contribution in [0.3, 0.4) is 0 Å². The van der Waals surface area contributed by atoms with Gasteiger partial charge in [0.05, 0.1) is 5.52 Å². The van der Waals surface area contributed by atoms with Crippen LogP contribution in [0, 0.1) is 0 Å². The smallest absolute Gasteiger partial charge is 0.329 e. The fraction of sp³-hybridized carbons (Fsp3) is 0.125. The summed E-state index contributed by atoms with van der Waals surface area (Å²) in [4.78, 5) is 50.3. The highest BCUT2D eigenvalue weighted by Gasteiger charge is 2.26. The molecule has 3 heterocycles. The van der Waals surface area contributed by atoms with E-state index in [1.54, 1.807) is 6.07 Å². The molecule has 6 aromatic rings. The standard InChI is InChI=1S/C32H26N4O4/c1-19(37)29-30-24(23-12-6-8-14-26(23)34-30)16-27(35-29)31(38)36-28(32(39)40-18-20-9-3-2-4-10-20)15-21-17-33-25-13-7-5-11-22(21)25/h2-14,16-17,28,33-34H,15,18H2,1H3,(H,36,38)/t28-/m0/s1. The van der Waals surface area contributed by atoms with E-state index >= 15 is 0 Å². The summed E-state index contributed by atoms with van der Waals surface area (Å²) in [6.45, 7) is 1.49. The highest BCUT2D eigenvalue weighted by molar-refractivity contribution is 6.15. The molecule has 0 aliphatic rings. The van der Waals surface area contributed by atoms with E-state index in [2.05, 4.69) is 20.3 Å². The molecule has 0 bridgehead atoms. The number of rotatable bonds is 8. The van der Waals surface area contributed by atoms with Crippen molar-refractivity contribution in [2.45, 2.75) is 26.0 Å². The molecule has 0 spiro atoms. The highest BCUT2D eigenvalue weighted by atomic mass is 16.5. The fourth-order valence-electron chi connectivity index (χ4n) is 4.99. The van der Waals surface area contributed by atoms with Crippen molar-refractivity contribution in [2.75, 3.05) is 0 Å². The molecule has 40 heavy (non-hydrogen) atoms. The molecule has 0 fully saturated rings. The summed E-state index contributed by atoms with van der Waals surface area (Å²) in [5, 5.41) is 5.36. The normalized spacial score (nSPS) is 12.0. The predicted octanol–water partition coefficient (Wildman–Crippen LogP) is 5.48. The Bertz CT molecular complexity index is 1890. The molecular weight excluding hydrogens is 504 g/mol. The minimum absolute atomic E-state index is 0.0437. The first kappa shape index (κ1) is 25.1. The monoisotopic (exact) mass is 530 g/mol. The van der Waals surface area contributed by atoms with E-state index in [1.165, 1.54) is 6.92 Å². The summed E-state index contributed by atoms with van der Waals surface area (Å²) in [7, 11) is 0. The van der Waals surface area contributed by atoms with Crippen molar-refractivity contribution in [3.8, 4) is 0 Å². The minimum atomic E-state index is -0.989. The molecule has 3 aromatic carbocycles. The number of aromatic nitrogens is 3. The second-order valence-electron chi connectivity index (χ2n) is 9.69. The molecule has 8 nitrogen and oxygen atoms in total. The number of hydrogen-bond donors (Lipinski definition) is 3. The second-order valence-corrected chi connectivity index (χ2v) is 9.69. The molecule has 3 N–H and O–H groups in total. The van der Waals surface area contributed by atoms with Crippen LogP contribution in [-0.2, 0) is 22.6 Å². The van der Waals surface area contributed by atoms with Crippen LogP contribution >= 0.6 is 0 Å². The number of pyridine rings is 1. The van der Waals surface area contributed by atoms with Gasteiger partial charge in [0.25, 0.3) is 5.91 Å². The van der Waals surface area contributed by atoms with Crippen LogP contribution in [0.2, 0.25) is 0 Å². The van der Waals surface area contributed by atoms with Gasteiger partial charge in [0.1, 0.15) is 24.0 Å². The largest absolute Gasteiger partial charge is 0.459 e. The molecule has 0 saturated carbocycles. The van der Waals surface area contributed by atoms with Crippen LogP contribution in [0.5, 0.6) is 0 Å². The number of carbonyl (C=O) groups is 3. The van der Waals surface area contributed by atoms with Crippen LogP contribution in [0.4, 0.5) is 0 Å². The van der Waals surface area contributed by atoms with E-state index in [4.69, 9.17) is 4.74 Å². The van der Waals surface area contributed by atoms with Crippen molar-refractivity contribution in [2.24, 2.45) is 0 Å². The third-order valence-electron chi connectivity index (χ3n) is 6.98. The molecule has 1 atom stereocenters. The van der Waals surface area contributed by atoms with Crippen LogP contribution in [-0.4, -0.2) is 38.7 Å². The van der Waals surface area contributed by atoms with Gasteiger partial charge in [0, 0.05) is 46.7 Å². The molecule has 0 aliphatic carbocycles.